The number of benzene rings is 2. The van der Waals surface area contributed by atoms with E-state index in [0.717, 1.165) is 32.4 Å². The van der Waals surface area contributed by atoms with E-state index in [9.17, 15) is 13.2 Å². The van der Waals surface area contributed by atoms with E-state index in [1.807, 2.05) is 30.3 Å². The van der Waals surface area contributed by atoms with Gasteiger partial charge in [0.05, 0.1) is 22.6 Å². The first-order chi connectivity index (χ1) is 13.5. The molecule has 1 unspecified atom stereocenters. The third-order valence-electron chi connectivity index (χ3n) is 5.77. The summed E-state index contributed by atoms with van der Waals surface area (Å²) >= 11 is 0. The minimum Gasteiger partial charge on any atom is -0.486 e. The highest BCUT2D eigenvalue weighted by Crippen LogP contribution is 2.39. The van der Waals surface area contributed by atoms with Crippen LogP contribution in [0, 0.1) is 0 Å². The van der Waals surface area contributed by atoms with Gasteiger partial charge in [-0.25, -0.2) is 8.42 Å². The highest BCUT2D eigenvalue weighted by molar-refractivity contribution is 7.91. The number of sulfone groups is 1. The molecule has 0 N–H and O–H groups in total. The lowest BCUT2D eigenvalue weighted by atomic mass is 9.84. The van der Waals surface area contributed by atoms with Crippen LogP contribution in [0.25, 0.3) is 0 Å². The Morgan fingerprint density at radius 1 is 0.964 bits per heavy atom. The Morgan fingerprint density at radius 2 is 1.71 bits per heavy atom. The monoisotopic (exact) mass is 399 g/mol. The van der Waals surface area contributed by atoms with Crippen LogP contribution in [0.1, 0.15) is 36.0 Å². The van der Waals surface area contributed by atoms with Crippen molar-refractivity contribution in [2.24, 2.45) is 0 Å². The van der Waals surface area contributed by atoms with Crippen LogP contribution < -0.4 is 4.74 Å². The molecule has 0 aromatic heterocycles. The van der Waals surface area contributed by atoms with Crippen molar-refractivity contribution < 1.29 is 17.9 Å². The topological polar surface area (TPSA) is 63.7 Å². The van der Waals surface area contributed by atoms with Crippen LogP contribution in [-0.2, 0) is 9.84 Å². The minimum atomic E-state index is -3.28. The number of ketones is 1. The van der Waals surface area contributed by atoms with Gasteiger partial charge in [-0.1, -0.05) is 30.3 Å². The smallest absolute Gasteiger partial charge is 0.179 e. The molecule has 1 spiro atoms. The highest BCUT2D eigenvalue weighted by Gasteiger charge is 2.41. The van der Waals surface area contributed by atoms with Crippen LogP contribution in [-0.4, -0.2) is 50.1 Å². The van der Waals surface area contributed by atoms with Crippen molar-refractivity contribution in [3.63, 3.8) is 0 Å². The zero-order valence-electron chi connectivity index (χ0n) is 15.8. The third-order valence-corrected chi connectivity index (χ3v) is 7.48. The molecule has 5 nitrogen and oxygen atoms in total. The number of carbonyl (C=O) groups excluding carboxylic acids is 1. The molecule has 2 aromatic carbocycles. The molecule has 2 heterocycles. The van der Waals surface area contributed by atoms with Crippen molar-refractivity contribution >= 4 is 15.6 Å². The fourth-order valence-electron chi connectivity index (χ4n) is 4.16. The molecule has 0 saturated carbocycles. The first-order valence-electron chi connectivity index (χ1n) is 9.79. The summed E-state index contributed by atoms with van der Waals surface area (Å²) in [5.41, 5.74) is 0.210. The van der Waals surface area contributed by atoms with E-state index in [-0.39, 0.29) is 11.5 Å². The molecule has 28 heavy (non-hydrogen) atoms. The maximum absolute atomic E-state index is 12.6. The molecular weight excluding hydrogens is 374 g/mol. The van der Waals surface area contributed by atoms with E-state index in [1.165, 1.54) is 0 Å². The summed E-state index contributed by atoms with van der Waals surface area (Å²) in [5, 5.41) is 0. The predicted octanol–water partition coefficient (Wildman–Crippen LogP) is 3.35. The van der Waals surface area contributed by atoms with Crippen LogP contribution in [0.5, 0.6) is 5.75 Å². The van der Waals surface area contributed by atoms with E-state index >= 15 is 0 Å². The summed E-state index contributed by atoms with van der Waals surface area (Å²) in [6.07, 6.45) is 2.84. The van der Waals surface area contributed by atoms with Gasteiger partial charge in [0.15, 0.2) is 15.6 Å². The van der Waals surface area contributed by atoms with Crippen LogP contribution in [0.15, 0.2) is 59.5 Å². The standard InChI is InChI=1S/C22H25NO4S/c24-20-17-22(27-21-10-5-4-9-19(20)21)11-6-13-23(14-12-22)15-16-28(25,26)18-7-2-1-3-8-18/h1-5,7-10H,6,11-17H2. The van der Waals surface area contributed by atoms with E-state index in [2.05, 4.69) is 4.90 Å². The van der Waals surface area contributed by atoms with Crippen LogP contribution in [0.3, 0.4) is 0 Å². The Morgan fingerprint density at radius 3 is 2.54 bits per heavy atom. The number of para-hydroxylation sites is 1. The summed E-state index contributed by atoms with van der Waals surface area (Å²) < 4.78 is 31.4. The van der Waals surface area contributed by atoms with Gasteiger partial charge in [0.2, 0.25) is 0 Å². The molecule has 148 valence electrons. The summed E-state index contributed by atoms with van der Waals surface area (Å²) in [4.78, 5) is 15.2. The Bertz CT molecular complexity index is 958. The second-order valence-corrected chi connectivity index (χ2v) is 9.82. The zero-order valence-corrected chi connectivity index (χ0v) is 16.7. The largest absolute Gasteiger partial charge is 0.486 e. The maximum Gasteiger partial charge on any atom is 0.179 e. The molecular formula is C22H25NO4S. The molecule has 6 heteroatoms. The number of ether oxygens (including phenoxy) is 1. The number of nitrogens with zero attached hydrogens (tertiary/aromatic N) is 1. The minimum absolute atomic E-state index is 0.104. The molecule has 0 radical (unpaired) electrons. The molecule has 1 saturated heterocycles. The molecule has 0 bridgehead atoms. The Kier molecular flexibility index (Phi) is 5.25. The summed E-state index contributed by atoms with van der Waals surface area (Å²) in [5.74, 6) is 0.924. The van der Waals surface area contributed by atoms with Gasteiger partial charge >= 0.3 is 0 Å². The van der Waals surface area contributed by atoms with Gasteiger partial charge in [-0.2, -0.15) is 0 Å². The Balaban J connectivity index is 1.40. The number of rotatable bonds is 4. The molecule has 1 fully saturated rings. The molecule has 4 rings (SSSR count). The Labute approximate surface area is 166 Å². The fourth-order valence-corrected chi connectivity index (χ4v) is 5.47. The Hall–Kier alpha value is -2.18. The van der Waals surface area contributed by atoms with E-state index < -0.39 is 15.4 Å². The molecule has 2 aromatic rings. The van der Waals surface area contributed by atoms with Gasteiger partial charge in [-0.05, 0) is 43.7 Å². The van der Waals surface area contributed by atoms with Crippen molar-refractivity contribution in [2.75, 3.05) is 25.4 Å². The van der Waals surface area contributed by atoms with Crippen molar-refractivity contribution in [1.82, 2.24) is 4.90 Å². The average molecular weight is 400 g/mol. The van der Waals surface area contributed by atoms with E-state index in [0.29, 0.717) is 29.2 Å². The normalized spacial score (nSPS) is 23.1. The quantitative estimate of drug-likeness (QED) is 0.789. The number of likely N-dealkylation sites (tertiary alicyclic amines) is 1. The van der Waals surface area contributed by atoms with E-state index in [4.69, 9.17) is 4.74 Å². The summed E-state index contributed by atoms with van der Waals surface area (Å²) in [7, 11) is -3.28. The van der Waals surface area contributed by atoms with Gasteiger partial charge in [-0.3, -0.25) is 4.79 Å². The molecule has 2 aliphatic rings. The summed E-state index contributed by atoms with van der Waals surface area (Å²) in [6.45, 7) is 2.06. The van der Waals surface area contributed by atoms with Gasteiger partial charge in [0.1, 0.15) is 11.4 Å². The van der Waals surface area contributed by atoms with Gasteiger partial charge < -0.3 is 9.64 Å². The number of hydrogen-bond acceptors (Lipinski definition) is 5. The van der Waals surface area contributed by atoms with Crippen molar-refractivity contribution in [3.05, 3.63) is 60.2 Å². The molecule has 0 aliphatic carbocycles. The van der Waals surface area contributed by atoms with E-state index in [1.54, 1.807) is 24.3 Å². The van der Waals surface area contributed by atoms with Gasteiger partial charge in [0, 0.05) is 19.5 Å². The fraction of sp³-hybridized carbons (Fsp3) is 0.409. The summed E-state index contributed by atoms with van der Waals surface area (Å²) in [6, 6.07) is 16.0. The number of hydrogen-bond donors (Lipinski definition) is 0. The first-order valence-corrected chi connectivity index (χ1v) is 11.4. The molecule has 2 aliphatic heterocycles. The van der Waals surface area contributed by atoms with Crippen molar-refractivity contribution in [3.8, 4) is 5.75 Å². The van der Waals surface area contributed by atoms with Gasteiger partial charge in [-0.15, -0.1) is 0 Å². The number of fused-ring (bicyclic) bond motifs is 1. The van der Waals surface area contributed by atoms with Crippen molar-refractivity contribution in [2.45, 2.75) is 36.2 Å². The number of carbonyl (C=O) groups is 1. The lowest BCUT2D eigenvalue weighted by Gasteiger charge is -2.37. The van der Waals surface area contributed by atoms with Gasteiger partial charge in [0.25, 0.3) is 0 Å². The lowest BCUT2D eigenvalue weighted by Crippen LogP contribution is -2.43. The molecule has 1 atom stereocenters. The average Bonchev–Trinajstić information content (AvgIpc) is 2.89. The van der Waals surface area contributed by atoms with Crippen LogP contribution in [0.2, 0.25) is 0 Å². The second kappa shape index (κ2) is 7.68. The SMILES string of the molecule is O=C1CC2(CCCN(CCS(=O)(=O)c3ccccc3)CC2)Oc2ccccc21. The van der Waals surface area contributed by atoms with Crippen molar-refractivity contribution in [1.29, 1.82) is 0 Å². The maximum atomic E-state index is 12.6. The van der Waals surface area contributed by atoms with Crippen LogP contribution >= 0.6 is 0 Å². The molecule has 0 amide bonds. The number of Topliss-reactive ketones (excluding diaryl/α,β-unsaturated/α-hetero) is 1. The third kappa shape index (κ3) is 3.98. The zero-order chi connectivity index (χ0) is 19.6. The first kappa shape index (κ1) is 19.2. The lowest BCUT2D eigenvalue weighted by molar-refractivity contribution is 0.0302. The highest BCUT2D eigenvalue weighted by atomic mass is 32.2. The predicted molar refractivity (Wildman–Crippen MR) is 108 cm³/mol. The van der Waals surface area contributed by atoms with Crippen LogP contribution in [0.4, 0.5) is 0 Å². The second-order valence-electron chi connectivity index (χ2n) is 7.71.